The lowest BCUT2D eigenvalue weighted by atomic mass is 10.2. The topological polar surface area (TPSA) is 84.0 Å². The Balaban J connectivity index is 2.03. The molecule has 0 saturated carbocycles. The first-order chi connectivity index (χ1) is 11.0. The van der Waals surface area contributed by atoms with Gasteiger partial charge < -0.3 is 10.6 Å². The molecule has 2 aromatic rings. The van der Waals surface area contributed by atoms with Crippen molar-refractivity contribution in [3.63, 3.8) is 0 Å². The maximum Gasteiger partial charge on any atom is 0.270 e. The van der Waals surface area contributed by atoms with Gasteiger partial charge in [-0.05, 0) is 53.5 Å². The molecule has 0 aliphatic carbocycles. The fraction of sp³-hybridized carbons (Fsp3) is 0.250. The minimum Gasteiger partial charge on any atom is -0.349 e. The van der Waals surface area contributed by atoms with Crippen LogP contribution in [0.25, 0.3) is 0 Å². The van der Waals surface area contributed by atoms with Crippen LogP contribution in [-0.4, -0.2) is 27.8 Å². The molecule has 0 fully saturated rings. The summed E-state index contributed by atoms with van der Waals surface area (Å²) < 4.78 is 0.842. The highest BCUT2D eigenvalue weighted by Gasteiger charge is 2.12. The summed E-state index contributed by atoms with van der Waals surface area (Å²) in [4.78, 5) is 32.2. The third-order valence-electron chi connectivity index (χ3n) is 2.85. The molecule has 23 heavy (non-hydrogen) atoms. The Bertz CT molecular complexity index is 719. The minimum absolute atomic E-state index is 0.00538. The van der Waals surface area contributed by atoms with Crippen molar-refractivity contribution in [2.45, 2.75) is 26.4 Å². The Morgan fingerprint density at radius 1 is 1.17 bits per heavy atom. The molecule has 2 amide bonds. The number of rotatable bonds is 5. The average Bonchev–Trinajstić information content (AvgIpc) is 2.52. The van der Waals surface area contributed by atoms with E-state index in [0.29, 0.717) is 6.54 Å². The van der Waals surface area contributed by atoms with Crippen LogP contribution in [0.3, 0.4) is 0 Å². The molecular formula is C16H17BrN4O2. The standard InChI is InChI=1S/C16H17BrN4O2/c1-10(2)20-16(23)14-5-3-4-13(21-14)15(22)19-8-11-6-12(17)9-18-7-11/h3-7,9-10H,8H2,1-2H3,(H,19,22)(H,20,23). The predicted octanol–water partition coefficient (Wildman–Crippen LogP) is 2.31. The van der Waals surface area contributed by atoms with Crippen molar-refractivity contribution >= 4 is 27.7 Å². The van der Waals surface area contributed by atoms with Gasteiger partial charge in [-0.15, -0.1) is 0 Å². The van der Waals surface area contributed by atoms with Gasteiger partial charge in [-0.25, -0.2) is 4.98 Å². The highest BCUT2D eigenvalue weighted by molar-refractivity contribution is 9.10. The molecular weight excluding hydrogens is 360 g/mol. The molecule has 0 radical (unpaired) electrons. The lowest BCUT2D eigenvalue weighted by Crippen LogP contribution is -2.31. The van der Waals surface area contributed by atoms with Gasteiger partial charge in [0.15, 0.2) is 0 Å². The Hall–Kier alpha value is -2.28. The maximum absolute atomic E-state index is 12.2. The zero-order valence-corrected chi connectivity index (χ0v) is 14.4. The van der Waals surface area contributed by atoms with Crippen molar-refractivity contribution in [1.29, 1.82) is 0 Å². The first-order valence-electron chi connectivity index (χ1n) is 7.11. The quantitative estimate of drug-likeness (QED) is 0.838. The van der Waals surface area contributed by atoms with E-state index in [1.54, 1.807) is 30.6 Å². The Morgan fingerprint density at radius 3 is 2.52 bits per heavy atom. The van der Waals surface area contributed by atoms with Gasteiger partial charge >= 0.3 is 0 Å². The molecule has 120 valence electrons. The van der Waals surface area contributed by atoms with E-state index in [0.717, 1.165) is 10.0 Å². The van der Waals surface area contributed by atoms with Crippen LogP contribution < -0.4 is 10.6 Å². The number of hydrogen-bond donors (Lipinski definition) is 2. The zero-order valence-electron chi connectivity index (χ0n) is 12.8. The Labute approximate surface area is 142 Å². The fourth-order valence-electron chi connectivity index (χ4n) is 1.85. The number of carbonyl (C=O) groups excluding carboxylic acids is 2. The molecule has 0 aliphatic heterocycles. The third-order valence-corrected chi connectivity index (χ3v) is 3.28. The number of hydrogen-bond acceptors (Lipinski definition) is 4. The van der Waals surface area contributed by atoms with E-state index in [2.05, 4.69) is 36.5 Å². The first-order valence-corrected chi connectivity index (χ1v) is 7.90. The zero-order chi connectivity index (χ0) is 16.8. The number of nitrogens with zero attached hydrogens (tertiary/aromatic N) is 2. The molecule has 0 bridgehead atoms. The predicted molar refractivity (Wildman–Crippen MR) is 89.9 cm³/mol. The summed E-state index contributed by atoms with van der Waals surface area (Å²) in [7, 11) is 0. The van der Waals surface area contributed by atoms with Crippen LogP contribution in [0.15, 0.2) is 41.1 Å². The van der Waals surface area contributed by atoms with Crippen LogP contribution in [0, 0.1) is 0 Å². The molecule has 2 N–H and O–H groups in total. The number of nitrogens with one attached hydrogen (secondary N) is 2. The van der Waals surface area contributed by atoms with E-state index in [-0.39, 0.29) is 29.2 Å². The van der Waals surface area contributed by atoms with Crippen LogP contribution in [0.2, 0.25) is 0 Å². The monoisotopic (exact) mass is 376 g/mol. The SMILES string of the molecule is CC(C)NC(=O)c1cccc(C(=O)NCc2cncc(Br)c2)n1. The van der Waals surface area contributed by atoms with Gasteiger partial charge in [0, 0.05) is 29.5 Å². The summed E-state index contributed by atoms with van der Waals surface area (Å²) in [5, 5.41) is 5.50. The van der Waals surface area contributed by atoms with E-state index in [1.165, 1.54) is 0 Å². The fourth-order valence-corrected chi connectivity index (χ4v) is 2.26. The Morgan fingerprint density at radius 2 is 1.87 bits per heavy atom. The van der Waals surface area contributed by atoms with Crippen LogP contribution in [0.4, 0.5) is 0 Å². The van der Waals surface area contributed by atoms with Gasteiger partial charge in [0.1, 0.15) is 11.4 Å². The minimum atomic E-state index is -0.343. The second kappa shape index (κ2) is 7.82. The normalized spacial score (nSPS) is 10.4. The largest absolute Gasteiger partial charge is 0.349 e. The van der Waals surface area contributed by atoms with E-state index in [1.807, 2.05) is 19.9 Å². The smallest absolute Gasteiger partial charge is 0.270 e. The van der Waals surface area contributed by atoms with E-state index < -0.39 is 0 Å². The molecule has 6 nitrogen and oxygen atoms in total. The van der Waals surface area contributed by atoms with Crippen molar-refractivity contribution in [3.8, 4) is 0 Å². The molecule has 0 unspecified atom stereocenters. The van der Waals surface area contributed by atoms with E-state index in [4.69, 9.17) is 0 Å². The van der Waals surface area contributed by atoms with Crippen LogP contribution in [0.1, 0.15) is 40.4 Å². The van der Waals surface area contributed by atoms with Gasteiger partial charge in [0.05, 0.1) is 0 Å². The summed E-state index contributed by atoms with van der Waals surface area (Å²) >= 11 is 3.33. The summed E-state index contributed by atoms with van der Waals surface area (Å²) in [6.45, 7) is 4.05. The maximum atomic E-state index is 12.2. The highest BCUT2D eigenvalue weighted by atomic mass is 79.9. The Kier molecular flexibility index (Phi) is 5.81. The average molecular weight is 377 g/mol. The third kappa shape index (κ3) is 5.14. The first kappa shape index (κ1) is 17.1. The molecule has 2 rings (SSSR count). The summed E-state index contributed by atoms with van der Waals surface area (Å²) in [5.74, 6) is -0.644. The summed E-state index contributed by atoms with van der Waals surface area (Å²) in [6, 6.07) is 6.66. The van der Waals surface area contributed by atoms with Crippen molar-refractivity contribution in [2.75, 3.05) is 0 Å². The number of amides is 2. The number of pyridine rings is 2. The second-order valence-electron chi connectivity index (χ2n) is 5.23. The van der Waals surface area contributed by atoms with Crippen molar-refractivity contribution in [3.05, 3.63) is 58.1 Å². The molecule has 0 aromatic carbocycles. The van der Waals surface area contributed by atoms with E-state index in [9.17, 15) is 9.59 Å². The second-order valence-corrected chi connectivity index (χ2v) is 6.15. The highest BCUT2D eigenvalue weighted by Crippen LogP contribution is 2.09. The molecule has 2 aromatic heterocycles. The van der Waals surface area contributed by atoms with E-state index >= 15 is 0 Å². The number of carbonyl (C=O) groups is 2. The lowest BCUT2D eigenvalue weighted by Gasteiger charge is -2.09. The van der Waals surface area contributed by atoms with Gasteiger partial charge in [0.25, 0.3) is 11.8 Å². The van der Waals surface area contributed by atoms with Gasteiger partial charge in [0.2, 0.25) is 0 Å². The molecule has 0 spiro atoms. The van der Waals surface area contributed by atoms with Crippen molar-refractivity contribution in [2.24, 2.45) is 0 Å². The lowest BCUT2D eigenvalue weighted by molar-refractivity contribution is 0.0936. The van der Waals surface area contributed by atoms with Crippen molar-refractivity contribution in [1.82, 2.24) is 20.6 Å². The van der Waals surface area contributed by atoms with Crippen molar-refractivity contribution < 1.29 is 9.59 Å². The molecule has 7 heteroatoms. The molecule has 0 saturated heterocycles. The van der Waals surface area contributed by atoms with Crippen LogP contribution in [-0.2, 0) is 6.54 Å². The van der Waals surface area contributed by atoms with Crippen LogP contribution >= 0.6 is 15.9 Å². The molecule has 0 atom stereocenters. The summed E-state index contributed by atoms with van der Waals surface area (Å²) in [5.41, 5.74) is 1.28. The number of halogens is 1. The van der Waals surface area contributed by atoms with Gasteiger partial charge in [-0.1, -0.05) is 6.07 Å². The van der Waals surface area contributed by atoms with Gasteiger partial charge in [-0.3, -0.25) is 14.6 Å². The molecule has 0 aliphatic rings. The van der Waals surface area contributed by atoms with Gasteiger partial charge in [-0.2, -0.15) is 0 Å². The summed E-state index contributed by atoms with van der Waals surface area (Å²) in [6.07, 6.45) is 3.34. The molecule has 2 heterocycles. The number of aromatic nitrogens is 2. The van der Waals surface area contributed by atoms with Crippen LogP contribution in [0.5, 0.6) is 0 Å².